The molecule has 0 spiro atoms. The second kappa shape index (κ2) is 5.03. The Morgan fingerprint density at radius 3 is 2.67 bits per heavy atom. The number of oxazole rings is 1. The number of aryl methyl sites for hydroxylation is 2. The van der Waals surface area contributed by atoms with Crippen molar-refractivity contribution in [2.45, 2.75) is 20.4 Å². The molecule has 6 nitrogen and oxygen atoms in total. The molecular formula is C12H17N5O. The lowest BCUT2D eigenvalue weighted by Crippen LogP contribution is -2.13. The van der Waals surface area contributed by atoms with Gasteiger partial charge in [-0.3, -0.25) is 0 Å². The van der Waals surface area contributed by atoms with Gasteiger partial charge in [-0.05, 0) is 19.9 Å². The largest absolute Gasteiger partial charge is 0.444 e. The Balaban J connectivity index is 2.03. The molecule has 18 heavy (non-hydrogen) atoms. The zero-order chi connectivity index (χ0) is 13.1. The van der Waals surface area contributed by atoms with Gasteiger partial charge in [-0.1, -0.05) is 0 Å². The molecule has 0 saturated heterocycles. The van der Waals surface area contributed by atoms with Gasteiger partial charge < -0.3 is 14.6 Å². The molecular weight excluding hydrogens is 230 g/mol. The van der Waals surface area contributed by atoms with Crippen LogP contribution in [0.25, 0.3) is 0 Å². The summed E-state index contributed by atoms with van der Waals surface area (Å²) in [5.41, 5.74) is 0.920. The minimum absolute atomic E-state index is 0.512. The average molecular weight is 247 g/mol. The van der Waals surface area contributed by atoms with Crippen molar-refractivity contribution in [2.24, 2.45) is 0 Å². The Kier molecular flexibility index (Phi) is 3.45. The third-order valence-electron chi connectivity index (χ3n) is 2.54. The van der Waals surface area contributed by atoms with Crippen LogP contribution in [0.2, 0.25) is 0 Å². The Bertz CT molecular complexity index is 516. The van der Waals surface area contributed by atoms with Gasteiger partial charge in [-0.15, -0.1) is 0 Å². The second-order valence-electron chi connectivity index (χ2n) is 4.24. The van der Waals surface area contributed by atoms with Crippen molar-refractivity contribution >= 4 is 11.8 Å². The summed E-state index contributed by atoms with van der Waals surface area (Å²) in [5, 5.41) is 3.16. The van der Waals surface area contributed by atoms with Gasteiger partial charge in [0, 0.05) is 20.3 Å². The highest BCUT2D eigenvalue weighted by Gasteiger charge is 2.06. The first-order valence-electron chi connectivity index (χ1n) is 5.73. The maximum absolute atomic E-state index is 5.49. The average Bonchev–Trinajstić information content (AvgIpc) is 2.67. The monoisotopic (exact) mass is 247 g/mol. The highest BCUT2D eigenvalue weighted by atomic mass is 16.4. The summed E-state index contributed by atoms with van der Waals surface area (Å²) >= 11 is 0. The van der Waals surface area contributed by atoms with Crippen LogP contribution < -0.4 is 10.2 Å². The quantitative estimate of drug-likeness (QED) is 0.888. The smallest absolute Gasteiger partial charge is 0.226 e. The van der Waals surface area contributed by atoms with Crippen molar-refractivity contribution in [1.29, 1.82) is 0 Å². The van der Waals surface area contributed by atoms with E-state index in [0.717, 1.165) is 17.3 Å². The van der Waals surface area contributed by atoms with Crippen LogP contribution in [0, 0.1) is 13.8 Å². The van der Waals surface area contributed by atoms with Gasteiger partial charge in [-0.25, -0.2) is 9.97 Å². The van der Waals surface area contributed by atoms with Crippen molar-refractivity contribution in [3.8, 4) is 0 Å². The van der Waals surface area contributed by atoms with E-state index in [2.05, 4.69) is 20.3 Å². The third-order valence-corrected chi connectivity index (χ3v) is 2.54. The molecule has 0 bridgehead atoms. The van der Waals surface area contributed by atoms with Crippen LogP contribution in [-0.4, -0.2) is 29.0 Å². The SMILES string of the molecule is Cc1nc(CNc2ccnc(N(C)C)n2)oc1C. The number of rotatable bonds is 4. The van der Waals surface area contributed by atoms with Gasteiger partial charge in [-0.2, -0.15) is 4.98 Å². The van der Waals surface area contributed by atoms with E-state index < -0.39 is 0 Å². The van der Waals surface area contributed by atoms with Crippen molar-refractivity contribution in [3.05, 3.63) is 29.6 Å². The molecule has 0 amide bonds. The van der Waals surface area contributed by atoms with E-state index in [9.17, 15) is 0 Å². The lowest BCUT2D eigenvalue weighted by Gasteiger charge is -2.10. The zero-order valence-electron chi connectivity index (χ0n) is 11.1. The second-order valence-corrected chi connectivity index (χ2v) is 4.24. The maximum atomic E-state index is 5.49. The zero-order valence-corrected chi connectivity index (χ0v) is 11.1. The normalized spacial score (nSPS) is 10.4. The molecule has 0 aromatic carbocycles. The first-order valence-corrected chi connectivity index (χ1v) is 5.73. The number of hydrogen-bond donors (Lipinski definition) is 1. The minimum atomic E-state index is 0.512. The molecule has 2 aromatic rings. The summed E-state index contributed by atoms with van der Waals surface area (Å²) in [5.74, 6) is 2.93. The molecule has 1 N–H and O–H groups in total. The van der Waals surface area contributed by atoms with Crippen molar-refractivity contribution in [3.63, 3.8) is 0 Å². The maximum Gasteiger partial charge on any atom is 0.226 e. The lowest BCUT2D eigenvalue weighted by atomic mass is 10.4. The van der Waals surface area contributed by atoms with E-state index in [-0.39, 0.29) is 0 Å². The Morgan fingerprint density at radius 2 is 2.06 bits per heavy atom. The molecule has 0 atom stereocenters. The topological polar surface area (TPSA) is 67.1 Å². The fourth-order valence-electron chi connectivity index (χ4n) is 1.44. The summed E-state index contributed by atoms with van der Waals surface area (Å²) in [6.07, 6.45) is 1.72. The van der Waals surface area contributed by atoms with Crippen LogP contribution in [0.15, 0.2) is 16.7 Å². The number of anilines is 2. The van der Waals surface area contributed by atoms with E-state index in [1.807, 2.05) is 38.9 Å². The highest BCUT2D eigenvalue weighted by molar-refractivity contribution is 5.40. The predicted octanol–water partition coefficient (Wildman–Crippen LogP) is 1.76. The number of hydrogen-bond acceptors (Lipinski definition) is 6. The van der Waals surface area contributed by atoms with Gasteiger partial charge in [0.25, 0.3) is 0 Å². The molecule has 2 rings (SSSR count). The Morgan fingerprint density at radius 1 is 1.28 bits per heavy atom. The lowest BCUT2D eigenvalue weighted by molar-refractivity contribution is 0.478. The first-order chi connectivity index (χ1) is 8.56. The van der Waals surface area contributed by atoms with Crippen LogP contribution in [-0.2, 0) is 6.54 Å². The summed E-state index contributed by atoms with van der Waals surface area (Å²) in [7, 11) is 3.81. The summed E-state index contributed by atoms with van der Waals surface area (Å²) in [6, 6.07) is 1.82. The molecule has 0 aliphatic carbocycles. The van der Waals surface area contributed by atoms with Gasteiger partial charge >= 0.3 is 0 Å². The van der Waals surface area contributed by atoms with Crippen molar-refractivity contribution in [1.82, 2.24) is 15.0 Å². The van der Waals surface area contributed by atoms with Gasteiger partial charge in [0.05, 0.1) is 12.2 Å². The molecule has 2 heterocycles. The fraction of sp³-hybridized carbons (Fsp3) is 0.417. The molecule has 0 saturated carbocycles. The van der Waals surface area contributed by atoms with E-state index in [1.165, 1.54) is 0 Å². The third kappa shape index (κ3) is 2.77. The summed E-state index contributed by atoms with van der Waals surface area (Å²) in [4.78, 5) is 14.7. The molecule has 0 aliphatic rings. The summed E-state index contributed by atoms with van der Waals surface area (Å²) in [6.45, 7) is 4.34. The van der Waals surface area contributed by atoms with E-state index in [4.69, 9.17) is 4.42 Å². The molecule has 0 unspecified atom stereocenters. The fourth-order valence-corrected chi connectivity index (χ4v) is 1.44. The van der Waals surface area contributed by atoms with E-state index in [1.54, 1.807) is 6.20 Å². The summed E-state index contributed by atoms with van der Waals surface area (Å²) < 4.78 is 5.49. The van der Waals surface area contributed by atoms with Gasteiger partial charge in [0.1, 0.15) is 11.6 Å². The number of aromatic nitrogens is 3. The number of nitrogens with zero attached hydrogens (tertiary/aromatic N) is 4. The van der Waals surface area contributed by atoms with Crippen molar-refractivity contribution in [2.75, 3.05) is 24.3 Å². The van der Waals surface area contributed by atoms with Crippen LogP contribution in [0.4, 0.5) is 11.8 Å². The van der Waals surface area contributed by atoms with E-state index in [0.29, 0.717) is 18.4 Å². The van der Waals surface area contributed by atoms with Crippen LogP contribution in [0.3, 0.4) is 0 Å². The highest BCUT2D eigenvalue weighted by Crippen LogP contribution is 2.12. The standard InChI is InChI=1S/C12H17N5O/c1-8-9(2)18-11(15-8)7-14-10-5-6-13-12(16-10)17(3)4/h5-6H,7H2,1-4H3,(H,13,14,16). The minimum Gasteiger partial charge on any atom is -0.444 e. The van der Waals surface area contributed by atoms with Crippen LogP contribution in [0.1, 0.15) is 17.3 Å². The predicted molar refractivity (Wildman–Crippen MR) is 69.7 cm³/mol. The molecule has 0 aliphatic heterocycles. The Labute approximate surface area is 106 Å². The number of nitrogens with one attached hydrogen (secondary N) is 1. The van der Waals surface area contributed by atoms with Gasteiger partial charge in [0.2, 0.25) is 11.8 Å². The molecule has 2 aromatic heterocycles. The van der Waals surface area contributed by atoms with Crippen LogP contribution in [0.5, 0.6) is 0 Å². The van der Waals surface area contributed by atoms with E-state index >= 15 is 0 Å². The Hall–Kier alpha value is -2.11. The first kappa shape index (κ1) is 12.3. The van der Waals surface area contributed by atoms with Crippen molar-refractivity contribution < 1.29 is 4.42 Å². The molecule has 6 heteroatoms. The van der Waals surface area contributed by atoms with Gasteiger partial charge in [0.15, 0.2) is 0 Å². The molecule has 96 valence electrons. The molecule has 0 fully saturated rings. The molecule has 0 radical (unpaired) electrons. The van der Waals surface area contributed by atoms with Crippen LogP contribution >= 0.6 is 0 Å².